The molecule has 2 aliphatic rings. The van der Waals surface area contributed by atoms with Crippen LogP contribution in [0.25, 0.3) is 11.3 Å². The first-order valence-corrected chi connectivity index (χ1v) is 8.08. The van der Waals surface area contributed by atoms with Crippen molar-refractivity contribution in [1.82, 2.24) is 15.0 Å². The number of benzene rings is 1. The lowest BCUT2D eigenvalue weighted by Gasteiger charge is -2.40. The summed E-state index contributed by atoms with van der Waals surface area (Å²) in [5, 5.41) is 48.0. The Kier molecular flexibility index (Phi) is 4.18. The first-order valence-electron chi connectivity index (χ1n) is 8.08. The maximum Gasteiger partial charge on any atom is 0.181 e. The molecule has 25 heavy (non-hydrogen) atoms. The number of fused-ring (bicyclic) bond motifs is 3. The van der Waals surface area contributed by atoms with E-state index in [4.69, 9.17) is 9.47 Å². The first kappa shape index (κ1) is 16.4. The van der Waals surface area contributed by atoms with E-state index in [2.05, 4.69) is 10.3 Å². The zero-order chi connectivity index (χ0) is 17.6. The molecule has 1 saturated heterocycles. The minimum Gasteiger partial charge on any atom is -0.492 e. The third kappa shape index (κ3) is 2.60. The Morgan fingerprint density at radius 2 is 1.92 bits per heavy atom. The number of aromatic nitrogens is 3. The summed E-state index contributed by atoms with van der Waals surface area (Å²) in [5.41, 5.74) is 2.05. The van der Waals surface area contributed by atoms with Crippen molar-refractivity contribution in [3.8, 4) is 17.0 Å². The fourth-order valence-electron chi connectivity index (χ4n) is 3.28. The second-order valence-electron chi connectivity index (χ2n) is 6.14. The Morgan fingerprint density at radius 3 is 2.72 bits per heavy atom. The fraction of sp³-hybridized carbons (Fsp3) is 0.500. The van der Waals surface area contributed by atoms with Crippen LogP contribution in [0.1, 0.15) is 11.9 Å². The molecule has 0 amide bonds. The van der Waals surface area contributed by atoms with Crippen molar-refractivity contribution in [3.63, 3.8) is 0 Å². The maximum absolute atomic E-state index is 10.4. The molecule has 2 aromatic rings. The molecule has 0 aliphatic carbocycles. The van der Waals surface area contributed by atoms with Crippen LogP contribution in [0.2, 0.25) is 0 Å². The van der Waals surface area contributed by atoms with E-state index in [9.17, 15) is 20.4 Å². The molecule has 0 radical (unpaired) electrons. The molecule has 134 valence electrons. The minimum absolute atomic E-state index is 0.442. The van der Waals surface area contributed by atoms with Crippen molar-refractivity contribution >= 4 is 0 Å². The Bertz CT molecular complexity index is 764. The van der Waals surface area contributed by atoms with E-state index in [0.29, 0.717) is 30.2 Å². The number of ether oxygens (including phenoxy) is 2. The van der Waals surface area contributed by atoms with Crippen LogP contribution in [0.4, 0.5) is 0 Å². The largest absolute Gasteiger partial charge is 0.492 e. The molecule has 0 spiro atoms. The normalized spacial score (nSPS) is 31.6. The predicted octanol–water partition coefficient (Wildman–Crippen LogP) is -1.15. The lowest BCUT2D eigenvalue weighted by atomic mass is 9.98. The lowest BCUT2D eigenvalue weighted by molar-refractivity contribution is -0.253. The van der Waals surface area contributed by atoms with Crippen molar-refractivity contribution in [2.24, 2.45) is 0 Å². The molecule has 9 nitrogen and oxygen atoms in total. The third-order valence-electron chi connectivity index (χ3n) is 4.61. The van der Waals surface area contributed by atoms with Crippen LogP contribution < -0.4 is 4.74 Å². The van der Waals surface area contributed by atoms with Crippen LogP contribution in [0.5, 0.6) is 5.75 Å². The van der Waals surface area contributed by atoms with E-state index in [1.54, 1.807) is 0 Å². The standard InChI is InChI=1S/C16H19N3O6/c20-7-11-13(21)14(22)15(23)16(25-11)19-12-8-3-1-2-4-10(8)24-6-5-9(12)17-18-19/h1-4,11,13-16,20-23H,5-7H2/t11-,13+,14+,15-,16-/m1/s1. The monoisotopic (exact) mass is 349 g/mol. The number of hydrogen-bond donors (Lipinski definition) is 4. The highest BCUT2D eigenvalue weighted by Gasteiger charge is 2.45. The van der Waals surface area contributed by atoms with Crippen LogP contribution >= 0.6 is 0 Å². The zero-order valence-electron chi connectivity index (χ0n) is 13.3. The van der Waals surface area contributed by atoms with Gasteiger partial charge in [0.15, 0.2) is 6.23 Å². The van der Waals surface area contributed by atoms with Gasteiger partial charge in [-0.1, -0.05) is 17.3 Å². The van der Waals surface area contributed by atoms with E-state index in [1.807, 2.05) is 24.3 Å². The van der Waals surface area contributed by atoms with Crippen molar-refractivity contribution in [2.75, 3.05) is 13.2 Å². The van der Waals surface area contributed by atoms with Gasteiger partial charge in [0.25, 0.3) is 0 Å². The minimum atomic E-state index is -1.48. The second kappa shape index (κ2) is 6.36. The van der Waals surface area contributed by atoms with Gasteiger partial charge in [-0.2, -0.15) is 0 Å². The molecule has 4 rings (SSSR count). The maximum atomic E-state index is 10.4. The molecular weight excluding hydrogens is 330 g/mol. The zero-order valence-corrected chi connectivity index (χ0v) is 13.3. The van der Waals surface area contributed by atoms with Crippen LogP contribution in [-0.4, -0.2) is 73.0 Å². The summed E-state index contributed by atoms with van der Waals surface area (Å²) in [5.74, 6) is 0.661. The van der Waals surface area contributed by atoms with Crippen LogP contribution in [0, 0.1) is 0 Å². The van der Waals surface area contributed by atoms with E-state index >= 15 is 0 Å². The van der Waals surface area contributed by atoms with Crippen molar-refractivity contribution in [2.45, 2.75) is 37.1 Å². The van der Waals surface area contributed by atoms with E-state index < -0.39 is 37.3 Å². The van der Waals surface area contributed by atoms with Gasteiger partial charge < -0.3 is 29.9 Å². The number of para-hydroxylation sites is 1. The predicted molar refractivity (Wildman–Crippen MR) is 83.7 cm³/mol. The Balaban J connectivity index is 1.80. The topological polar surface area (TPSA) is 130 Å². The van der Waals surface area contributed by atoms with E-state index in [0.717, 1.165) is 5.56 Å². The highest BCUT2D eigenvalue weighted by Crippen LogP contribution is 2.38. The molecule has 0 bridgehead atoms. The van der Waals surface area contributed by atoms with Gasteiger partial charge in [-0.3, -0.25) is 0 Å². The van der Waals surface area contributed by atoms with Gasteiger partial charge in [-0.15, -0.1) is 5.10 Å². The summed E-state index contributed by atoms with van der Waals surface area (Å²) in [6.07, 6.45) is -5.91. The van der Waals surface area contributed by atoms with Gasteiger partial charge in [0.05, 0.1) is 24.6 Å². The molecule has 3 heterocycles. The van der Waals surface area contributed by atoms with Crippen molar-refractivity contribution in [1.29, 1.82) is 0 Å². The fourth-order valence-corrected chi connectivity index (χ4v) is 3.28. The summed E-state index contributed by atoms with van der Waals surface area (Å²) in [6.45, 7) is -0.0601. The van der Waals surface area contributed by atoms with Gasteiger partial charge in [0, 0.05) is 12.0 Å². The Labute approximate surface area is 143 Å². The first-order chi connectivity index (χ1) is 12.1. The van der Waals surface area contributed by atoms with E-state index in [1.165, 1.54) is 4.68 Å². The van der Waals surface area contributed by atoms with Gasteiger partial charge in [-0.05, 0) is 12.1 Å². The van der Waals surface area contributed by atoms with Gasteiger partial charge in [0.1, 0.15) is 30.2 Å². The number of rotatable bonds is 2. The summed E-state index contributed by atoms with van der Waals surface area (Å²) >= 11 is 0. The summed E-state index contributed by atoms with van der Waals surface area (Å²) < 4.78 is 12.7. The highest BCUT2D eigenvalue weighted by molar-refractivity contribution is 5.70. The molecule has 2 aliphatic heterocycles. The number of aliphatic hydroxyl groups is 4. The molecule has 4 N–H and O–H groups in total. The number of aliphatic hydroxyl groups excluding tert-OH is 4. The van der Waals surface area contributed by atoms with Crippen molar-refractivity contribution in [3.05, 3.63) is 30.0 Å². The summed E-state index contributed by atoms with van der Waals surface area (Å²) in [7, 11) is 0. The summed E-state index contributed by atoms with van der Waals surface area (Å²) in [4.78, 5) is 0. The molecule has 1 fully saturated rings. The molecule has 0 unspecified atom stereocenters. The molecule has 1 aromatic carbocycles. The Morgan fingerprint density at radius 1 is 1.12 bits per heavy atom. The van der Waals surface area contributed by atoms with Gasteiger partial charge >= 0.3 is 0 Å². The average Bonchev–Trinajstić information content (AvgIpc) is 2.95. The lowest BCUT2D eigenvalue weighted by Crippen LogP contribution is -2.56. The van der Waals surface area contributed by atoms with Crippen LogP contribution in [-0.2, 0) is 11.2 Å². The number of nitrogens with zero attached hydrogens (tertiary/aromatic N) is 3. The van der Waals surface area contributed by atoms with Gasteiger partial charge in [-0.25, -0.2) is 4.68 Å². The molecular formula is C16H19N3O6. The molecule has 0 saturated carbocycles. The molecule has 1 aromatic heterocycles. The van der Waals surface area contributed by atoms with Crippen molar-refractivity contribution < 1.29 is 29.9 Å². The van der Waals surface area contributed by atoms with Crippen LogP contribution in [0.3, 0.4) is 0 Å². The third-order valence-corrected chi connectivity index (χ3v) is 4.61. The smallest absolute Gasteiger partial charge is 0.181 e. The van der Waals surface area contributed by atoms with E-state index in [-0.39, 0.29) is 0 Å². The summed E-state index contributed by atoms with van der Waals surface area (Å²) in [6, 6.07) is 7.38. The quantitative estimate of drug-likeness (QED) is 0.535. The highest BCUT2D eigenvalue weighted by atomic mass is 16.6. The molecule has 9 heteroatoms. The Hall–Kier alpha value is -2.04. The van der Waals surface area contributed by atoms with Crippen LogP contribution in [0.15, 0.2) is 24.3 Å². The number of hydrogen-bond acceptors (Lipinski definition) is 8. The SMILES string of the molecule is OC[C@H]1O[C@@H](n2nnc3c2-c2ccccc2OCC3)[C@H](O)[C@@H](O)[C@H]1O. The average molecular weight is 349 g/mol. The second-order valence-corrected chi connectivity index (χ2v) is 6.14. The van der Waals surface area contributed by atoms with Gasteiger partial charge in [0.2, 0.25) is 0 Å². The molecule has 5 atom stereocenters.